The van der Waals surface area contributed by atoms with Crippen molar-refractivity contribution < 1.29 is 14.7 Å². The second kappa shape index (κ2) is 7.68. The molecule has 0 spiro atoms. The molecule has 0 aromatic heterocycles. The van der Waals surface area contributed by atoms with Crippen LogP contribution in [-0.2, 0) is 9.59 Å². The van der Waals surface area contributed by atoms with Crippen LogP contribution in [0.25, 0.3) is 0 Å². The number of hydrogen-bond donors (Lipinski definition) is 2. The van der Waals surface area contributed by atoms with Crippen molar-refractivity contribution in [2.45, 2.75) is 46.0 Å². The van der Waals surface area contributed by atoms with E-state index in [0.717, 1.165) is 19.3 Å². The van der Waals surface area contributed by atoms with Crippen LogP contribution in [0.2, 0.25) is 0 Å². The van der Waals surface area contributed by atoms with Crippen LogP contribution in [0, 0.1) is 5.92 Å². The summed E-state index contributed by atoms with van der Waals surface area (Å²) in [5.74, 6) is -1.50. The molecule has 2 atom stereocenters. The Morgan fingerprint density at radius 3 is 2.60 bits per heavy atom. The molecule has 0 heterocycles. The Hall–Kier alpha value is -1.84. The molecule has 1 aromatic carbocycles. The Balaban J connectivity index is 2.71. The summed E-state index contributed by atoms with van der Waals surface area (Å²) in [6, 6.07) is 7.03. The number of carbonyl (C=O) groups is 2. The Labute approximate surface area is 120 Å². The Morgan fingerprint density at radius 2 is 2.00 bits per heavy atom. The zero-order chi connectivity index (χ0) is 15.1. The number of amides is 1. The zero-order valence-corrected chi connectivity index (χ0v) is 12.3. The average molecular weight is 277 g/mol. The van der Waals surface area contributed by atoms with Gasteiger partial charge in [-0.15, -0.1) is 0 Å². The molecule has 4 heteroatoms. The molecule has 0 bridgehead atoms. The second-order valence-electron chi connectivity index (χ2n) is 5.22. The Bertz CT molecular complexity index is 471. The highest BCUT2D eigenvalue weighted by molar-refractivity contribution is 5.92. The monoisotopic (exact) mass is 277 g/mol. The van der Waals surface area contributed by atoms with E-state index in [4.69, 9.17) is 5.11 Å². The van der Waals surface area contributed by atoms with Gasteiger partial charge in [-0.3, -0.25) is 9.59 Å². The van der Waals surface area contributed by atoms with Crippen LogP contribution < -0.4 is 5.32 Å². The topological polar surface area (TPSA) is 66.4 Å². The lowest BCUT2D eigenvalue weighted by Crippen LogP contribution is -2.20. The van der Waals surface area contributed by atoms with Crippen LogP contribution in [-0.4, -0.2) is 17.0 Å². The highest BCUT2D eigenvalue weighted by Crippen LogP contribution is 2.20. The molecule has 0 aliphatic rings. The fraction of sp³-hybridized carbons (Fsp3) is 0.500. The second-order valence-corrected chi connectivity index (χ2v) is 5.22. The molecule has 0 fully saturated rings. The predicted octanol–water partition coefficient (Wildman–Crippen LogP) is 3.64. The maximum atomic E-state index is 12.0. The summed E-state index contributed by atoms with van der Waals surface area (Å²) >= 11 is 0. The summed E-state index contributed by atoms with van der Waals surface area (Å²) < 4.78 is 0. The molecule has 1 rings (SSSR count). The summed E-state index contributed by atoms with van der Waals surface area (Å²) in [6.45, 7) is 5.64. The molecule has 1 amide bonds. The van der Waals surface area contributed by atoms with E-state index in [-0.39, 0.29) is 11.8 Å². The van der Waals surface area contributed by atoms with Gasteiger partial charge in [0.2, 0.25) is 5.91 Å². The molecular weight excluding hydrogens is 254 g/mol. The van der Waals surface area contributed by atoms with Crippen molar-refractivity contribution in [1.29, 1.82) is 0 Å². The third-order valence-corrected chi connectivity index (χ3v) is 3.46. The molecule has 0 aliphatic heterocycles. The predicted molar refractivity (Wildman–Crippen MR) is 79.8 cm³/mol. The van der Waals surface area contributed by atoms with Gasteiger partial charge in [-0.25, -0.2) is 0 Å². The van der Waals surface area contributed by atoms with Gasteiger partial charge in [-0.2, -0.15) is 0 Å². The quantitative estimate of drug-likeness (QED) is 0.799. The highest BCUT2D eigenvalue weighted by Gasteiger charge is 2.15. The molecular formula is C16H23NO3. The standard InChI is InChI=1S/C16H23NO3/c1-4-5-7-11(2)15(18)17-14-9-6-8-13(10-14)12(3)16(19)20/h6,8-12H,4-5,7H2,1-3H3,(H,17,18)(H,19,20). The van der Waals surface area contributed by atoms with E-state index in [0.29, 0.717) is 11.3 Å². The minimum absolute atomic E-state index is 0.0152. The largest absolute Gasteiger partial charge is 0.481 e. The normalized spacial score (nSPS) is 13.6. The van der Waals surface area contributed by atoms with Crippen LogP contribution in [0.4, 0.5) is 5.69 Å². The fourth-order valence-electron chi connectivity index (χ4n) is 1.94. The zero-order valence-electron chi connectivity index (χ0n) is 12.3. The van der Waals surface area contributed by atoms with Gasteiger partial charge in [0.05, 0.1) is 5.92 Å². The van der Waals surface area contributed by atoms with E-state index >= 15 is 0 Å². The highest BCUT2D eigenvalue weighted by atomic mass is 16.4. The number of hydrogen-bond acceptors (Lipinski definition) is 2. The van der Waals surface area contributed by atoms with Gasteiger partial charge >= 0.3 is 5.97 Å². The molecule has 2 N–H and O–H groups in total. The SMILES string of the molecule is CCCCC(C)C(=O)Nc1cccc(C(C)C(=O)O)c1. The van der Waals surface area contributed by atoms with Crippen molar-refractivity contribution in [1.82, 2.24) is 0 Å². The molecule has 2 unspecified atom stereocenters. The van der Waals surface area contributed by atoms with Crippen LogP contribution in [0.15, 0.2) is 24.3 Å². The minimum atomic E-state index is -0.871. The Morgan fingerprint density at radius 1 is 1.30 bits per heavy atom. The van der Waals surface area contributed by atoms with Gasteiger partial charge < -0.3 is 10.4 Å². The van der Waals surface area contributed by atoms with E-state index in [9.17, 15) is 9.59 Å². The summed E-state index contributed by atoms with van der Waals surface area (Å²) in [5.41, 5.74) is 1.35. The first-order valence-corrected chi connectivity index (χ1v) is 7.09. The van der Waals surface area contributed by atoms with Gasteiger partial charge in [-0.1, -0.05) is 38.8 Å². The molecule has 0 saturated heterocycles. The molecule has 0 radical (unpaired) electrons. The average Bonchev–Trinajstić information content (AvgIpc) is 2.43. The van der Waals surface area contributed by atoms with Crippen LogP contribution >= 0.6 is 0 Å². The minimum Gasteiger partial charge on any atom is -0.481 e. The lowest BCUT2D eigenvalue weighted by molar-refractivity contribution is -0.138. The van der Waals surface area contributed by atoms with Crippen LogP contribution in [0.5, 0.6) is 0 Å². The number of nitrogens with one attached hydrogen (secondary N) is 1. The van der Waals surface area contributed by atoms with Gasteiger partial charge in [-0.05, 0) is 31.0 Å². The fourth-order valence-corrected chi connectivity index (χ4v) is 1.94. The Kier molecular flexibility index (Phi) is 6.22. The number of aliphatic carboxylic acids is 1. The van der Waals surface area contributed by atoms with Crippen molar-refractivity contribution in [2.75, 3.05) is 5.32 Å². The van der Waals surface area contributed by atoms with Crippen molar-refractivity contribution >= 4 is 17.6 Å². The number of carboxylic acids is 1. The number of carbonyl (C=O) groups excluding carboxylic acids is 1. The maximum Gasteiger partial charge on any atom is 0.310 e. The van der Waals surface area contributed by atoms with E-state index in [1.165, 1.54) is 0 Å². The van der Waals surface area contributed by atoms with Gasteiger partial charge in [0, 0.05) is 11.6 Å². The van der Waals surface area contributed by atoms with Crippen molar-refractivity contribution in [3.05, 3.63) is 29.8 Å². The summed E-state index contributed by atoms with van der Waals surface area (Å²) in [5, 5.41) is 11.9. The lowest BCUT2D eigenvalue weighted by atomic mass is 10.0. The molecule has 4 nitrogen and oxygen atoms in total. The third-order valence-electron chi connectivity index (χ3n) is 3.46. The molecule has 110 valence electrons. The van der Waals surface area contributed by atoms with Crippen LogP contribution in [0.3, 0.4) is 0 Å². The van der Waals surface area contributed by atoms with Gasteiger partial charge in [0.1, 0.15) is 0 Å². The summed E-state index contributed by atoms with van der Waals surface area (Å²) in [6.07, 6.45) is 2.97. The molecule has 0 aliphatic carbocycles. The summed E-state index contributed by atoms with van der Waals surface area (Å²) in [7, 11) is 0. The number of anilines is 1. The first kappa shape index (κ1) is 16.2. The number of unbranched alkanes of at least 4 members (excludes halogenated alkanes) is 1. The number of rotatable bonds is 7. The van der Waals surface area contributed by atoms with Gasteiger partial charge in [0.15, 0.2) is 0 Å². The van der Waals surface area contributed by atoms with Crippen LogP contribution in [0.1, 0.15) is 51.5 Å². The molecule has 0 saturated carbocycles. The van der Waals surface area contributed by atoms with E-state index in [2.05, 4.69) is 12.2 Å². The first-order chi connectivity index (χ1) is 9.45. The lowest BCUT2D eigenvalue weighted by Gasteiger charge is -2.13. The maximum absolute atomic E-state index is 12.0. The van der Waals surface area contributed by atoms with Gasteiger partial charge in [0.25, 0.3) is 0 Å². The number of carboxylic acid groups (broad SMARTS) is 1. The van der Waals surface area contributed by atoms with Crippen molar-refractivity contribution in [3.63, 3.8) is 0 Å². The van der Waals surface area contributed by atoms with Crippen molar-refractivity contribution in [2.24, 2.45) is 5.92 Å². The van der Waals surface area contributed by atoms with E-state index < -0.39 is 11.9 Å². The van der Waals surface area contributed by atoms with Crippen molar-refractivity contribution in [3.8, 4) is 0 Å². The van der Waals surface area contributed by atoms with E-state index in [1.54, 1.807) is 31.2 Å². The van der Waals surface area contributed by atoms with E-state index in [1.807, 2.05) is 6.92 Å². The smallest absolute Gasteiger partial charge is 0.310 e. The third kappa shape index (κ3) is 4.68. The number of benzene rings is 1. The summed E-state index contributed by atoms with van der Waals surface area (Å²) in [4.78, 5) is 23.0. The molecule has 20 heavy (non-hydrogen) atoms. The first-order valence-electron chi connectivity index (χ1n) is 7.09. The molecule has 1 aromatic rings.